The highest BCUT2D eigenvalue weighted by atomic mass is 32.1. The summed E-state index contributed by atoms with van der Waals surface area (Å²) in [5.41, 5.74) is 2.27. The van der Waals surface area contributed by atoms with Crippen LogP contribution in [0.2, 0.25) is 0 Å². The molecule has 0 amide bonds. The van der Waals surface area contributed by atoms with Gasteiger partial charge in [0.25, 0.3) is 5.56 Å². The quantitative estimate of drug-likeness (QED) is 0.724. The molecule has 0 aliphatic heterocycles. The fourth-order valence-electron chi connectivity index (χ4n) is 3.88. The van der Waals surface area contributed by atoms with E-state index < -0.39 is 0 Å². The molecule has 0 saturated carbocycles. The van der Waals surface area contributed by atoms with Crippen LogP contribution in [0.5, 0.6) is 0 Å². The highest BCUT2D eigenvalue weighted by molar-refractivity contribution is 7.18. The number of hydrogen-bond donors (Lipinski definition) is 2. The predicted octanol–water partition coefficient (Wildman–Crippen LogP) is 3.02. The minimum Gasteiger partial charge on any atom is -0.325 e. The van der Waals surface area contributed by atoms with E-state index in [1.54, 1.807) is 23.5 Å². The van der Waals surface area contributed by atoms with E-state index in [2.05, 4.69) is 25.9 Å². The smallest absolute Gasteiger partial charge is 0.260 e. The summed E-state index contributed by atoms with van der Waals surface area (Å²) in [6, 6.07) is 6.61. The third kappa shape index (κ3) is 3.56. The van der Waals surface area contributed by atoms with Crippen molar-refractivity contribution in [3.8, 4) is 0 Å². The minimum atomic E-state index is -0.225. The molecule has 1 aliphatic rings. The molecular formula is C21H25FN3OS+. The van der Waals surface area contributed by atoms with Gasteiger partial charge in [0.05, 0.1) is 12.4 Å². The Morgan fingerprint density at radius 3 is 2.85 bits per heavy atom. The van der Waals surface area contributed by atoms with Crippen molar-refractivity contribution in [2.45, 2.75) is 45.7 Å². The normalized spacial score (nSPS) is 19.0. The average Bonchev–Trinajstić information content (AvgIpc) is 3.00. The highest BCUT2D eigenvalue weighted by Crippen LogP contribution is 2.35. The summed E-state index contributed by atoms with van der Waals surface area (Å²) < 4.78 is 13.1. The van der Waals surface area contributed by atoms with E-state index in [1.165, 1.54) is 27.5 Å². The Kier molecular flexibility index (Phi) is 4.86. The van der Waals surface area contributed by atoms with Crippen molar-refractivity contribution < 1.29 is 9.29 Å². The van der Waals surface area contributed by atoms with E-state index in [1.807, 2.05) is 0 Å². The van der Waals surface area contributed by atoms with Crippen LogP contribution in [0.3, 0.4) is 0 Å². The molecule has 0 radical (unpaired) electrons. The first-order chi connectivity index (χ1) is 12.9. The van der Waals surface area contributed by atoms with Crippen LogP contribution >= 0.6 is 11.3 Å². The Hall–Kier alpha value is -2.05. The SMILES string of the molecule is C[C@H]1CCc2c(sc3nc([C@@H](C)[NH+](C)Cc4ccc(F)cc4)[nH]c(=O)c23)C1. The number of aromatic amines is 1. The number of aromatic nitrogens is 2. The lowest BCUT2D eigenvalue weighted by Gasteiger charge is -2.21. The maximum atomic E-state index is 13.1. The van der Waals surface area contributed by atoms with Crippen molar-refractivity contribution in [2.75, 3.05) is 7.05 Å². The molecule has 4 rings (SSSR count). The number of halogens is 1. The Morgan fingerprint density at radius 2 is 2.11 bits per heavy atom. The van der Waals surface area contributed by atoms with Gasteiger partial charge in [-0.1, -0.05) is 19.1 Å². The van der Waals surface area contributed by atoms with Crippen LogP contribution in [0.1, 0.15) is 48.1 Å². The Morgan fingerprint density at radius 1 is 1.37 bits per heavy atom. The molecule has 0 saturated heterocycles. The van der Waals surface area contributed by atoms with Gasteiger partial charge in [-0.2, -0.15) is 0 Å². The van der Waals surface area contributed by atoms with Gasteiger partial charge in [0, 0.05) is 10.4 Å². The number of quaternary nitrogens is 1. The van der Waals surface area contributed by atoms with Crippen molar-refractivity contribution in [1.82, 2.24) is 9.97 Å². The molecule has 4 nitrogen and oxygen atoms in total. The molecule has 3 aromatic rings. The summed E-state index contributed by atoms with van der Waals surface area (Å²) in [7, 11) is 2.07. The maximum Gasteiger partial charge on any atom is 0.260 e. The number of hydrogen-bond acceptors (Lipinski definition) is 3. The second-order valence-electron chi connectivity index (χ2n) is 7.85. The molecule has 0 fully saturated rings. The number of thiophene rings is 1. The van der Waals surface area contributed by atoms with E-state index in [0.717, 1.165) is 47.4 Å². The van der Waals surface area contributed by atoms with Gasteiger partial charge in [0.15, 0.2) is 5.82 Å². The first-order valence-corrected chi connectivity index (χ1v) is 10.3. The lowest BCUT2D eigenvalue weighted by Crippen LogP contribution is -3.07. The number of nitrogens with zero attached hydrogens (tertiary/aromatic N) is 1. The second-order valence-corrected chi connectivity index (χ2v) is 8.94. The predicted molar refractivity (Wildman–Crippen MR) is 107 cm³/mol. The molecule has 3 atom stereocenters. The lowest BCUT2D eigenvalue weighted by molar-refractivity contribution is -0.924. The monoisotopic (exact) mass is 386 g/mol. The molecule has 0 bridgehead atoms. The molecule has 27 heavy (non-hydrogen) atoms. The maximum absolute atomic E-state index is 13.1. The molecular weight excluding hydrogens is 361 g/mol. The average molecular weight is 387 g/mol. The van der Waals surface area contributed by atoms with Gasteiger partial charge in [-0.05, 0) is 49.8 Å². The zero-order valence-corrected chi connectivity index (χ0v) is 16.8. The number of fused-ring (bicyclic) bond motifs is 3. The standard InChI is InChI=1S/C21H24FN3OS/c1-12-4-9-16-17(10-12)27-21-18(16)20(26)23-19(24-21)13(2)25(3)11-14-5-7-15(22)8-6-14/h5-8,12-13H,4,9-11H2,1-3H3,(H,23,24,26)/p+1/t12-,13+/m0/s1. The zero-order chi connectivity index (χ0) is 19.1. The highest BCUT2D eigenvalue weighted by Gasteiger charge is 2.25. The van der Waals surface area contributed by atoms with Crippen LogP contribution in [0.4, 0.5) is 4.39 Å². The minimum absolute atomic E-state index is 0.0107. The summed E-state index contributed by atoms with van der Waals surface area (Å²) in [5.74, 6) is 1.17. The van der Waals surface area contributed by atoms with E-state index in [-0.39, 0.29) is 17.4 Å². The third-order valence-electron chi connectivity index (χ3n) is 5.73. The van der Waals surface area contributed by atoms with Gasteiger partial charge in [-0.25, -0.2) is 9.37 Å². The lowest BCUT2D eigenvalue weighted by atomic mass is 9.89. The fourth-order valence-corrected chi connectivity index (χ4v) is 5.27. The molecule has 142 valence electrons. The zero-order valence-electron chi connectivity index (χ0n) is 15.9. The molecule has 2 aromatic heterocycles. The molecule has 1 aliphatic carbocycles. The molecule has 2 N–H and O–H groups in total. The van der Waals surface area contributed by atoms with Crippen LogP contribution < -0.4 is 10.5 Å². The summed E-state index contributed by atoms with van der Waals surface area (Å²) in [5, 5.41) is 0.800. The summed E-state index contributed by atoms with van der Waals surface area (Å²) >= 11 is 1.68. The number of benzene rings is 1. The van der Waals surface area contributed by atoms with Crippen LogP contribution in [-0.2, 0) is 19.4 Å². The van der Waals surface area contributed by atoms with Gasteiger partial charge in [0.1, 0.15) is 23.2 Å². The first kappa shape index (κ1) is 18.3. The molecule has 0 spiro atoms. The van der Waals surface area contributed by atoms with E-state index in [0.29, 0.717) is 5.92 Å². The van der Waals surface area contributed by atoms with Gasteiger partial charge < -0.3 is 9.88 Å². The largest absolute Gasteiger partial charge is 0.325 e. The summed E-state index contributed by atoms with van der Waals surface area (Å²) in [6.07, 6.45) is 3.17. The summed E-state index contributed by atoms with van der Waals surface area (Å²) in [4.78, 5) is 24.0. The Labute approximate surface area is 162 Å². The van der Waals surface area contributed by atoms with Crippen molar-refractivity contribution >= 4 is 21.6 Å². The third-order valence-corrected chi connectivity index (χ3v) is 6.88. The van der Waals surface area contributed by atoms with Crippen molar-refractivity contribution in [3.05, 3.63) is 62.3 Å². The van der Waals surface area contributed by atoms with E-state index in [9.17, 15) is 9.18 Å². The topological polar surface area (TPSA) is 50.2 Å². The number of nitrogens with one attached hydrogen (secondary N) is 2. The fraction of sp³-hybridized carbons (Fsp3) is 0.429. The van der Waals surface area contributed by atoms with Gasteiger partial charge in [-0.3, -0.25) is 4.79 Å². The summed E-state index contributed by atoms with van der Waals surface area (Å²) in [6.45, 7) is 5.08. The van der Waals surface area contributed by atoms with Crippen molar-refractivity contribution in [1.29, 1.82) is 0 Å². The van der Waals surface area contributed by atoms with Crippen LogP contribution in [0.25, 0.3) is 10.2 Å². The van der Waals surface area contributed by atoms with E-state index >= 15 is 0 Å². The molecule has 1 unspecified atom stereocenters. The van der Waals surface area contributed by atoms with Gasteiger partial charge in [-0.15, -0.1) is 11.3 Å². The first-order valence-electron chi connectivity index (χ1n) is 9.53. The second kappa shape index (κ2) is 7.17. The van der Waals surface area contributed by atoms with Gasteiger partial charge >= 0.3 is 0 Å². The number of H-pyrrole nitrogens is 1. The number of aryl methyl sites for hydroxylation is 1. The Balaban J connectivity index is 1.63. The van der Waals surface area contributed by atoms with Gasteiger partial charge in [0.2, 0.25) is 0 Å². The van der Waals surface area contributed by atoms with Crippen molar-refractivity contribution in [2.24, 2.45) is 5.92 Å². The van der Waals surface area contributed by atoms with Crippen molar-refractivity contribution in [3.63, 3.8) is 0 Å². The van der Waals surface area contributed by atoms with Crippen LogP contribution in [0.15, 0.2) is 29.1 Å². The Bertz CT molecular complexity index is 1020. The molecule has 1 aromatic carbocycles. The number of rotatable bonds is 4. The molecule has 2 heterocycles. The molecule has 6 heteroatoms. The van der Waals surface area contributed by atoms with Crippen LogP contribution in [-0.4, -0.2) is 17.0 Å². The van der Waals surface area contributed by atoms with Crippen LogP contribution in [0, 0.1) is 11.7 Å². The van der Waals surface area contributed by atoms with E-state index in [4.69, 9.17) is 4.98 Å².